The smallest absolute Gasteiger partial charge is 0.149 e. The molecule has 1 aliphatic carbocycles. The van der Waals surface area contributed by atoms with E-state index in [9.17, 15) is 4.39 Å². The van der Waals surface area contributed by atoms with Crippen molar-refractivity contribution in [2.75, 3.05) is 13.1 Å². The molecule has 0 radical (unpaired) electrons. The van der Waals surface area contributed by atoms with Gasteiger partial charge < -0.3 is 5.32 Å². The van der Waals surface area contributed by atoms with Crippen LogP contribution in [-0.2, 0) is 0 Å². The highest BCUT2D eigenvalue weighted by atomic mass is 35.5. The number of halogens is 2. The molecule has 2 unspecified atom stereocenters. The molecule has 15 heavy (non-hydrogen) atoms. The summed E-state index contributed by atoms with van der Waals surface area (Å²) >= 11 is 5.78. The minimum absolute atomic E-state index is 0.197. The van der Waals surface area contributed by atoms with Gasteiger partial charge in [0.1, 0.15) is 5.82 Å². The van der Waals surface area contributed by atoms with Crippen molar-refractivity contribution in [3.05, 3.63) is 40.7 Å². The highest BCUT2D eigenvalue weighted by Gasteiger charge is 2.40. The zero-order valence-electron chi connectivity index (χ0n) is 8.19. The Morgan fingerprint density at radius 3 is 2.87 bits per heavy atom. The van der Waals surface area contributed by atoms with Gasteiger partial charge in [-0.05, 0) is 17.2 Å². The fourth-order valence-electron chi connectivity index (χ4n) is 2.76. The van der Waals surface area contributed by atoms with Gasteiger partial charge in [0.25, 0.3) is 0 Å². The molecule has 0 amide bonds. The van der Waals surface area contributed by atoms with Gasteiger partial charge in [-0.3, -0.25) is 0 Å². The number of hydrogen-bond donors (Lipinski definition) is 1. The van der Waals surface area contributed by atoms with Crippen LogP contribution in [0.3, 0.4) is 0 Å². The first-order valence-corrected chi connectivity index (χ1v) is 5.45. The van der Waals surface area contributed by atoms with Crippen LogP contribution in [0, 0.1) is 11.7 Å². The Hall–Kier alpha value is -0.860. The Morgan fingerprint density at radius 1 is 1.33 bits per heavy atom. The first-order chi connectivity index (χ1) is 7.20. The molecule has 1 nitrogen and oxygen atoms in total. The Balaban J connectivity index is 2.23. The Bertz CT molecular complexity index is 455. The number of fused-ring (bicyclic) bond motifs is 3. The Kier molecular flexibility index (Phi) is 1.91. The van der Waals surface area contributed by atoms with E-state index in [4.69, 9.17) is 11.6 Å². The summed E-state index contributed by atoms with van der Waals surface area (Å²) in [5.74, 6) is 0.445. The fourth-order valence-corrected chi connectivity index (χ4v) is 2.92. The first-order valence-electron chi connectivity index (χ1n) is 5.08. The first kappa shape index (κ1) is 9.37. The lowest BCUT2D eigenvalue weighted by atomic mass is 9.95. The molecule has 2 aliphatic rings. The number of rotatable bonds is 0. The molecule has 1 fully saturated rings. The molecular weight excluding hydrogens is 213 g/mol. The zero-order valence-corrected chi connectivity index (χ0v) is 8.94. The molecule has 3 rings (SSSR count). The number of benzene rings is 1. The number of nitrogens with one attached hydrogen (secondary N) is 1. The van der Waals surface area contributed by atoms with Crippen molar-refractivity contribution in [3.63, 3.8) is 0 Å². The third kappa shape index (κ3) is 1.12. The third-order valence-corrected chi connectivity index (χ3v) is 3.80. The third-order valence-electron chi connectivity index (χ3n) is 3.51. The van der Waals surface area contributed by atoms with Crippen LogP contribution in [0.4, 0.5) is 4.39 Å². The molecule has 1 saturated heterocycles. The standard InChI is InChI=1S/C12H11ClFN/c1-6-8-4-15-5-9(8)7-2-3-10(13)12(14)11(6)7/h2-3,8-9,15H,1,4-5H2. The van der Waals surface area contributed by atoms with Gasteiger partial charge in [-0.1, -0.05) is 24.2 Å². The largest absolute Gasteiger partial charge is 0.315 e. The Labute approximate surface area is 92.9 Å². The normalized spacial score (nSPS) is 28.0. The quantitative estimate of drug-likeness (QED) is 0.713. The van der Waals surface area contributed by atoms with Crippen molar-refractivity contribution in [2.24, 2.45) is 5.92 Å². The second kappa shape index (κ2) is 3.06. The summed E-state index contributed by atoms with van der Waals surface area (Å²) in [4.78, 5) is 0. The monoisotopic (exact) mass is 223 g/mol. The highest BCUT2D eigenvalue weighted by molar-refractivity contribution is 6.31. The summed E-state index contributed by atoms with van der Waals surface area (Å²) in [6.45, 7) is 5.81. The van der Waals surface area contributed by atoms with E-state index in [0.29, 0.717) is 17.4 Å². The second-order valence-electron chi connectivity index (χ2n) is 4.22. The minimum atomic E-state index is -0.298. The summed E-state index contributed by atoms with van der Waals surface area (Å²) < 4.78 is 13.8. The lowest BCUT2D eigenvalue weighted by Crippen LogP contribution is -2.10. The summed E-state index contributed by atoms with van der Waals surface area (Å²) in [6, 6.07) is 3.58. The minimum Gasteiger partial charge on any atom is -0.315 e. The average Bonchev–Trinajstić information content (AvgIpc) is 2.76. The van der Waals surface area contributed by atoms with Gasteiger partial charge in [0, 0.05) is 30.5 Å². The van der Waals surface area contributed by atoms with Gasteiger partial charge >= 0.3 is 0 Å². The highest BCUT2D eigenvalue weighted by Crippen LogP contribution is 2.48. The van der Waals surface area contributed by atoms with Crippen LogP contribution in [0.25, 0.3) is 5.57 Å². The van der Waals surface area contributed by atoms with Crippen LogP contribution in [0.1, 0.15) is 17.0 Å². The van der Waals surface area contributed by atoms with Crippen molar-refractivity contribution in [3.8, 4) is 0 Å². The van der Waals surface area contributed by atoms with Crippen LogP contribution < -0.4 is 5.32 Å². The van der Waals surface area contributed by atoms with Crippen molar-refractivity contribution in [1.29, 1.82) is 0 Å². The van der Waals surface area contributed by atoms with Gasteiger partial charge in [-0.15, -0.1) is 0 Å². The van der Waals surface area contributed by atoms with Crippen molar-refractivity contribution in [2.45, 2.75) is 5.92 Å². The molecule has 0 aromatic heterocycles. The van der Waals surface area contributed by atoms with Crippen LogP contribution >= 0.6 is 11.6 Å². The SMILES string of the molecule is C=C1c2c(ccc(Cl)c2F)C2CNCC12. The number of hydrogen-bond acceptors (Lipinski definition) is 1. The molecule has 0 saturated carbocycles. The van der Waals surface area contributed by atoms with Gasteiger partial charge in [0.2, 0.25) is 0 Å². The molecule has 1 N–H and O–H groups in total. The summed E-state index contributed by atoms with van der Waals surface area (Å²) in [5, 5.41) is 3.51. The van der Waals surface area contributed by atoms with E-state index in [0.717, 1.165) is 24.2 Å². The lowest BCUT2D eigenvalue weighted by Gasteiger charge is -2.07. The van der Waals surface area contributed by atoms with E-state index in [-0.39, 0.29) is 10.8 Å². The van der Waals surface area contributed by atoms with E-state index < -0.39 is 0 Å². The van der Waals surface area contributed by atoms with Crippen molar-refractivity contribution in [1.82, 2.24) is 5.32 Å². The van der Waals surface area contributed by atoms with Crippen LogP contribution in [0.2, 0.25) is 5.02 Å². The van der Waals surface area contributed by atoms with Crippen molar-refractivity contribution >= 4 is 17.2 Å². The van der Waals surface area contributed by atoms with E-state index in [2.05, 4.69) is 11.9 Å². The Morgan fingerprint density at radius 2 is 2.07 bits per heavy atom. The lowest BCUT2D eigenvalue weighted by molar-refractivity contribution is 0.622. The molecule has 0 spiro atoms. The topological polar surface area (TPSA) is 12.0 Å². The van der Waals surface area contributed by atoms with Crippen LogP contribution in [0.5, 0.6) is 0 Å². The maximum absolute atomic E-state index is 13.8. The van der Waals surface area contributed by atoms with E-state index in [1.54, 1.807) is 6.07 Å². The molecular formula is C12H11ClFN. The fraction of sp³-hybridized carbons (Fsp3) is 0.333. The van der Waals surface area contributed by atoms with Crippen molar-refractivity contribution < 1.29 is 4.39 Å². The summed E-state index contributed by atoms with van der Waals surface area (Å²) in [5.41, 5.74) is 2.64. The predicted molar refractivity (Wildman–Crippen MR) is 59.5 cm³/mol. The second-order valence-corrected chi connectivity index (χ2v) is 4.63. The maximum atomic E-state index is 13.8. The molecule has 1 aliphatic heterocycles. The van der Waals surface area contributed by atoms with Gasteiger partial charge in [0.05, 0.1) is 5.02 Å². The van der Waals surface area contributed by atoms with Gasteiger partial charge in [0.15, 0.2) is 0 Å². The van der Waals surface area contributed by atoms with Gasteiger partial charge in [-0.25, -0.2) is 4.39 Å². The molecule has 1 heterocycles. The van der Waals surface area contributed by atoms with Crippen LogP contribution in [0.15, 0.2) is 18.7 Å². The molecule has 1 aromatic rings. The molecule has 0 bridgehead atoms. The van der Waals surface area contributed by atoms with E-state index in [1.807, 2.05) is 6.07 Å². The molecule has 2 atom stereocenters. The summed E-state index contributed by atoms with van der Waals surface area (Å²) in [7, 11) is 0. The van der Waals surface area contributed by atoms with E-state index >= 15 is 0 Å². The average molecular weight is 224 g/mol. The zero-order chi connectivity index (χ0) is 10.6. The van der Waals surface area contributed by atoms with E-state index in [1.165, 1.54) is 0 Å². The van der Waals surface area contributed by atoms with Gasteiger partial charge in [-0.2, -0.15) is 0 Å². The van der Waals surface area contributed by atoms with Crippen LogP contribution in [-0.4, -0.2) is 13.1 Å². The molecule has 1 aromatic carbocycles. The molecule has 78 valence electrons. The molecule has 3 heteroatoms. The maximum Gasteiger partial charge on any atom is 0.149 e. The summed E-state index contributed by atoms with van der Waals surface area (Å²) in [6.07, 6.45) is 0. The predicted octanol–water partition coefficient (Wildman–Crippen LogP) is 2.81.